The third-order valence-corrected chi connectivity index (χ3v) is 3.80. The lowest BCUT2D eigenvalue weighted by Gasteiger charge is -2.13. The molecule has 3 rings (SSSR count). The second-order valence-corrected chi connectivity index (χ2v) is 6.01. The summed E-state index contributed by atoms with van der Waals surface area (Å²) < 4.78 is 16.3. The van der Waals surface area contributed by atoms with Gasteiger partial charge in [0.15, 0.2) is 17.3 Å². The number of benzene rings is 1. The molecule has 8 heteroatoms. The number of rotatable bonds is 4. The number of carbonyl (C=O) groups excluding carboxylic acids is 1. The van der Waals surface area contributed by atoms with Gasteiger partial charge in [-0.3, -0.25) is 4.79 Å². The number of hydrogen-bond acceptors (Lipinski definition) is 6. The van der Waals surface area contributed by atoms with E-state index in [1.807, 2.05) is 0 Å². The monoisotopic (exact) mass is 351 g/mol. The average Bonchev–Trinajstić information content (AvgIpc) is 2.81. The molecule has 1 N–H and O–H groups in total. The Hall–Kier alpha value is -2.28. The van der Waals surface area contributed by atoms with Gasteiger partial charge in [0.1, 0.15) is 6.04 Å². The van der Waals surface area contributed by atoms with Crippen LogP contribution in [0, 0.1) is 6.92 Å². The molecule has 1 atom stereocenters. The highest BCUT2D eigenvalue weighted by atomic mass is 35.5. The zero-order chi connectivity index (χ0) is 17.1. The van der Waals surface area contributed by atoms with Crippen molar-refractivity contribution in [2.24, 2.45) is 0 Å². The molecule has 0 fully saturated rings. The summed E-state index contributed by atoms with van der Waals surface area (Å²) in [6.07, 6.45) is 0.954. The number of carbonyl (C=O) groups is 1. The van der Waals surface area contributed by atoms with Gasteiger partial charge < -0.3 is 19.3 Å². The molecule has 0 saturated carbocycles. The second-order valence-electron chi connectivity index (χ2n) is 5.60. The minimum atomic E-state index is -0.366. The first-order valence-corrected chi connectivity index (χ1v) is 8.08. The van der Waals surface area contributed by atoms with E-state index in [1.54, 1.807) is 26.0 Å². The van der Waals surface area contributed by atoms with E-state index >= 15 is 0 Å². The predicted octanol–water partition coefficient (Wildman–Crippen LogP) is 2.61. The third kappa shape index (κ3) is 3.79. The van der Waals surface area contributed by atoms with Crippen LogP contribution in [0.5, 0.6) is 11.5 Å². The third-order valence-electron chi connectivity index (χ3n) is 3.52. The fraction of sp³-hybridized carbons (Fsp3) is 0.438. The molecule has 1 aromatic carbocycles. The summed E-state index contributed by atoms with van der Waals surface area (Å²) in [5.41, 5.74) is 0.746. The summed E-state index contributed by atoms with van der Waals surface area (Å²) in [7, 11) is 0. The Kier molecular flexibility index (Phi) is 4.89. The SMILES string of the molecule is Cc1noc([C@H](C)NC(=O)Cc2cc(Cl)c3c(c2)OCCCO3)n1. The van der Waals surface area contributed by atoms with Gasteiger partial charge in [-0.15, -0.1) is 0 Å². The van der Waals surface area contributed by atoms with Crippen molar-refractivity contribution in [2.75, 3.05) is 13.2 Å². The molecule has 1 aliphatic rings. The van der Waals surface area contributed by atoms with Gasteiger partial charge in [-0.2, -0.15) is 4.98 Å². The van der Waals surface area contributed by atoms with Crippen LogP contribution in [0.15, 0.2) is 16.7 Å². The number of fused-ring (bicyclic) bond motifs is 1. The number of aryl methyl sites for hydroxylation is 1. The van der Waals surface area contributed by atoms with Crippen LogP contribution >= 0.6 is 11.6 Å². The smallest absolute Gasteiger partial charge is 0.248 e. The van der Waals surface area contributed by atoms with Crippen LogP contribution in [0.1, 0.15) is 36.7 Å². The van der Waals surface area contributed by atoms with E-state index in [2.05, 4.69) is 15.5 Å². The zero-order valence-electron chi connectivity index (χ0n) is 13.5. The Balaban J connectivity index is 1.68. The highest BCUT2D eigenvalue weighted by molar-refractivity contribution is 6.32. The Morgan fingerprint density at radius 1 is 1.38 bits per heavy atom. The van der Waals surface area contributed by atoms with Gasteiger partial charge in [-0.05, 0) is 31.5 Å². The van der Waals surface area contributed by atoms with Gasteiger partial charge in [-0.25, -0.2) is 0 Å². The summed E-state index contributed by atoms with van der Waals surface area (Å²) in [5, 5.41) is 6.97. The molecule has 1 aliphatic heterocycles. The quantitative estimate of drug-likeness (QED) is 0.911. The van der Waals surface area contributed by atoms with Crippen molar-refractivity contribution in [2.45, 2.75) is 32.7 Å². The first-order valence-electron chi connectivity index (χ1n) is 7.70. The summed E-state index contributed by atoms with van der Waals surface area (Å²) in [4.78, 5) is 16.3. The van der Waals surface area contributed by atoms with Crippen molar-refractivity contribution in [3.8, 4) is 11.5 Å². The molecule has 0 spiro atoms. The highest BCUT2D eigenvalue weighted by Crippen LogP contribution is 2.38. The van der Waals surface area contributed by atoms with E-state index < -0.39 is 0 Å². The number of hydrogen-bond donors (Lipinski definition) is 1. The Morgan fingerprint density at radius 2 is 2.17 bits per heavy atom. The molecular formula is C16H18ClN3O4. The largest absolute Gasteiger partial charge is 0.489 e. The Labute approximate surface area is 144 Å². The van der Waals surface area contributed by atoms with Gasteiger partial charge in [0, 0.05) is 6.42 Å². The van der Waals surface area contributed by atoms with E-state index in [-0.39, 0.29) is 18.4 Å². The molecule has 0 radical (unpaired) electrons. The molecule has 1 amide bonds. The van der Waals surface area contributed by atoms with Crippen molar-refractivity contribution in [1.29, 1.82) is 0 Å². The van der Waals surface area contributed by atoms with Crippen molar-refractivity contribution in [3.05, 3.63) is 34.4 Å². The summed E-state index contributed by atoms with van der Waals surface area (Å²) >= 11 is 6.24. The topological polar surface area (TPSA) is 86.5 Å². The first-order chi connectivity index (χ1) is 11.5. The fourth-order valence-electron chi connectivity index (χ4n) is 2.41. The lowest BCUT2D eigenvalue weighted by Crippen LogP contribution is -2.28. The van der Waals surface area contributed by atoms with E-state index in [4.69, 9.17) is 25.6 Å². The summed E-state index contributed by atoms with van der Waals surface area (Å²) in [5.74, 6) is 1.83. The molecule has 0 saturated heterocycles. The van der Waals surface area contributed by atoms with Gasteiger partial charge in [0.05, 0.1) is 24.7 Å². The van der Waals surface area contributed by atoms with Crippen LogP contribution in [0.2, 0.25) is 5.02 Å². The van der Waals surface area contributed by atoms with Crippen LogP contribution in [0.25, 0.3) is 0 Å². The van der Waals surface area contributed by atoms with Crippen molar-refractivity contribution < 1.29 is 18.8 Å². The predicted molar refractivity (Wildman–Crippen MR) is 86.4 cm³/mol. The van der Waals surface area contributed by atoms with Gasteiger partial charge in [0.2, 0.25) is 11.8 Å². The van der Waals surface area contributed by atoms with Crippen molar-refractivity contribution >= 4 is 17.5 Å². The van der Waals surface area contributed by atoms with Gasteiger partial charge >= 0.3 is 0 Å². The second kappa shape index (κ2) is 7.09. The molecule has 7 nitrogen and oxygen atoms in total. The minimum absolute atomic E-state index is 0.161. The number of nitrogens with zero attached hydrogens (tertiary/aromatic N) is 2. The van der Waals surface area contributed by atoms with E-state index in [1.165, 1.54) is 0 Å². The Morgan fingerprint density at radius 3 is 2.92 bits per heavy atom. The van der Waals surface area contributed by atoms with Crippen molar-refractivity contribution in [3.63, 3.8) is 0 Å². The molecule has 1 aromatic heterocycles. The fourth-order valence-corrected chi connectivity index (χ4v) is 2.70. The van der Waals surface area contributed by atoms with Crippen LogP contribution in [-0.4, -0.2) is 29.3 Å². The van der Waals surface area contributed by atoms with E-state index in [9.17, 15) is 4.79 Å². The average molecular weight is 352 g/mol. The minimum Gasteiger partial charge on any atom is -0.489 e. The van der Waals surface area contributed by atoms with Gasteiger partial charge in [-0.1, -0.05) is 16.8 Å². The van der Waals surface area contributed by atoms with Gasteiger partial charge in [0.25, 0.3) is 0 Å². The number of halogens is 1. The maximum absolute atomic E-state index is 12.2. The molecular weight excluding hydrogens is 334 g/mol. The molecule has 0 bridgehead atoms. The zero-order valence-corrected chi connectivity index (χ0v) is 14.2. The van der Waals surface area contributed by atoms with E-state index in [0.717, 1.165) is 12.0 Å². The lowest BCUT2D eigenvalue weighted by molar-refractivity contribution is -0.121. The van der Waals surface area contributed by atoms with Crippen LogP contribution in [0.4, 0.5) is 0 Å². The number of amides is 1. The summed E-state index contributed by atoms with van der Waals surface area (Å²) in [6.45, 7) is 4.63. The molecule has 128 valence electrons. The highest BCUT2D eigenvalue weighted by Gasteiger charge is 2.19. The molecule has 2 heterocycles. The van der Waals surface area contributed by atoms with Crippen LogP contribution in [-0.2, 0) is 11.2 Å². The Bertz CT molecular complexity index is 747. The maximum Gasteiger partial charge on any atom is 0.248 e. The molecule has 24 heavy (non-hydrogen) atoms. The normalized spacial score (nSPS) is 14.8. The number of aromatic nitrogens is 2. The first kappa shape index (κ1) is 16.6. The van der Waals surface area contributed by atoms with E-state index in [0.29, 0.717) is 41.5 Å². The van der Waals surface area contributed by atoms with Crippen molar-refractivity contribution in [1.82, 2.24) is 15.5 Å². The standard InChI is InChI=1S/C16H18ClN3O4/c1-9(16-19-10(2)20-24-16)18-14(21)8-11-6-12(17)15-13(7-11)22-4-3-5-23-15/h6-7,9H,3-5,8H2,1-2H3,(H,18,21)/t9-/m0/s1. The number of ether oxygens (including phenoxy) is 2. The number of nitrogens with one attached hydrogen (secondary N) is 1. The molecule has 2 aromatic rings. The van der Waals surface area contributed by atoms with Crippen LogP contribution in [0.3, 0.4) is 0 Å². The maximum atomic E-state index is 12.2. The summed E-state index contributed by atoms with van der Waals surface area (Å²) in [6, 6.07) is 3.14. The molecule has 0 aliphatic carbocycles. The lowest BCUT2D eigenvalue weighted by atomic mass is 10.1. The van der Waals surface area contributed by atoms with Crippen LogP contribution < -0.4 is 14.8 Å². The molecule has 0 unspecified atom stereocenters.